The molecule has 0 aliphatic rings. The third-order valence-corrected chi connectivity index (χ3v) is 3.58. The Bertz CT molecular complexity index is 634. The van der Waals surface area contributed by atoms with Gasteiger partial charge in [-0.1, -0.05) is 0 Å². The quantitative estimate of drug-likeness (QED) is 0.904. The summed E-state index contributed by atoms with van der Waals surface area (Å²) in [6.07, 6.45) is 0. The van der Waals surface area contributed by atoms with Crippen LogP contribution in [-0.2, 0) is 6.54 Å². The highest BCUT2D eigenvalue weighted by molar-refractivity contribution is 7.13. The summed E-state index contributed by atoms with van der Waals surface area (Å²) < 4.78 is 4.94. The van der Waals surface area contributed by atoms with E-state index in [0.29, 0.717) is 10.7 Å². The van der Waals surface area contributed by atoms with Crippen molar-refractivity contribution in [2.24, 2.45) is 0 Å². The molecule has 0 fully saturated rings. The molecule has 0 saturated carbocycles. The number of furan rings is 1. The summed E-state index contributed by atoms with van der Waals surface area (Å²) in [7, 11) is 0. The number of amides is 1. The van der Waals surface area contributed by atoms with Gasteiger partial charge in [0.15, 0.2) is 11.0 Å². The predicted molar refractivity (Wildman–Crippen MR) is 68.7 cm³/mol. The van der Waals surface area contributed by atoms with Crippen molar-refractivity contribution >= 4 is 34.8 Å². The Hall–Kier alpha value is -1.86. The van der Waals surface area contributed by atoms with Crippen LogP contribution in [0.1, 0.15) is 30.9 Å². The van der Waals surface area contributed by atoms with Crippen molar-refractivity contribution in [3.63, 3.8) is 0 Å². The van der Waals surface area contributed by atoms with Gasteiger partial charge in [0.2, 0.25) is 0 Å². The standard InChI is InChI=1S/C11H9ClN2O4S/c1-5-9(11(16)17)19-8(14-5)4-13-10(15)6-2-3-7(12)18-6/h2-3H,4H2,1H3,(H,13,15)(H,16,17). The molecule has 19 heavy (non-hydrogen) atoms. The van der Waals surface area contributed by atoms with E-state index in [2.05, 4.69) is 10.3 Å². The van der Waals surface area contributed by atoms with Crippen LogP contribution in [0.25, 0.3) is 0 Å². The Balaban J connectivity index is 2.01. The fourth-order valence-electron chi connectivity index (χ4n) is 1.41. The minimum Gasteiger partial charge on any atom is -0.477 e. The maximum absolute atomic E-state index is 11.7. The van der Waals surface area contributed by atoms with E-state index in [4.69, 9.17) is 21.1 Å². The number of carbonyl (C=O) groups is 2. The highest BCUT2D eigenvalue weighted by Gasteiger charge is 2.15. The Labute approximate surface area is 117 Å². The van der Waals surface area contributed by atoms with Gasteiger partial charge in [-0.3, -0.25) is 4.79 Å². The zero-order valence-electron chi connectivity index (χ0n) is 9.77. The van der Waals surface area contributed by atoms with Gasteiger partial charge in [-0.05, 0) is 30.7 Å². The van der Waals surface area contributed by atoms with Crippen molar-refractivity contribution in [1.82, 2.24) is 10.3 Å². The first-order chi connectivity index (χ1) is 8.97. The number of carbonyl (C=O) groups excluding carboxylic acids is 1. The van der Waals surface area contributed by atoms with Crippen molar-refractivity contribution in [2.75, 3.05) is 0 Å². The lowest BCUT2D eigenvalue weighted by Gasteiger charge is -1.99. The van der Waals surface area contributed by atoms with Crippen molar-refractivity contribution < 1.29 is 19.1 Å². The molecule has 0 bridgehead atoms. The molecule has 0 unspecified atom stereocenters. The molecule has 0 aliphatic carbocycles. The molecule has 0 aliphatic heterocycles. The number of hydrogen-bond acceptors (Lipinski definition) is 5. The SMILES string of the molecule is Cc1nc(CNC(=O)c2ccc(Cl)o2)sc1C(=O)O. The number of hydrogen-bond donors (Lipinski definition) is 2. The first-order valence-electron chi connectivity index (χ1n) is 5.20. The highest BCUT2D eigenvalue weighted by Crippen LogP contribution is 2.18. The van der Waals surface area contributed by atoms with Crippen LogP contribution in [0.3, 0.4) is 0 Å². The molecule has 0 aromatic carbocycles. The number of rotatable bonds is 4. The van der Waals surface area contributed by atoms with E-state index in [-0.39, 0.29) is 22.4 Å². The molecule has 8 heteroatoms. The van der Waals surface area contributed by atoms with Gasteiger partial charge in [0.05, 0.1) is 12.2 Å². The van der Waals surface area contributed by atoms with Crippen LogP contribution < -0.4 is 5.32 Å². The van der Waals surface area contributed by atoms with Crippen LogP contribution in [0.2, 0.25) is 5.22 Å². The summed E-state index contributed by atoms with van der Waals surface area (Å²) in [6, 6.07) is 2.92. The van der Waals surface area contributed by atoms with E-state index in [9.17, 15) is 9.59 Å². The van der Waals surface area contributed by atoms with Gasteiger partial charge in [-0.2, -0.15) is 0 Å². The fourth-order valence-corrected chi connectivity index (χ4v) is 2.39. The van der Waals surface area contributed by atoms with Crippen molar-refractivity contribution in [1.29, 1.82) is 0 Å². The molecule has 2 N–H and O–H groups in total. The van der Waals surface area contributed by atoms with Gasteiger partial charge in [0.1, 0.15) is 9.88 Å². The average molecular weight is 301 g/mol. The van der Waals surface area contributed by atoms with Crippen LogP contribution in [-0.4, -0.2) is 22.0 Å². The van der Waals surface area contributed by atoms with Crippen molar-refractivity contribution in [3.05, 3.63) is 38.7 Å². The maximum Gasteiger partial charge on any atom is 0.347 e. The van der Waals surface area contributed by atoms with E-state index in [1.54, 1.807) is 6.92 Å². The molecular weight excluding hydrogens is 292 g/mol. The van der Waals surface area contributed by atoms with Crippen molar-refractivity contribution in [3.8, 4) is 0 Å². The van der Waals surface area contributed by atoms with Gasteiger partial charge in [0, 0.05) is 0 Å². The fraction of sp³-hybridized carbons (Fsp3) is 0.182. The molecule has 2 heterocycles. The number of nitrogens with one attached hydrogen (secondary N) is 1. The number of carboxylic acids is 1. The van der Waals surface area contributed by atoms with Gasteiger partial charge in [-0.25, -0.2) is 9.78 Å². The largest absolute Gasteiger partial charge is 0.477 e. The molecular formula is C11H9ClN2O4S. The normalized spacial score (nSPS) is 10.4. The molecule has 2 aromatic rings. The van der Waals surface area contributed by atoms with Crippen LogP contribution in [0.15, 0.2) is 16.5 Å². The zero-order valence-corrected chi connectivity index (χ0v) is 11.3. The minimum atomic E-state index is -1.02. The smallest absolute Gasteiger partial charge is 0.347 e. The summed E-state index contributed by atoms with van der Waals surface area (Å²) in [5.41, 5.74) is 0.433. The van der Waals surface area contributed by atoms with E-state index in [1.807, 2.05) is 0 Å². The molecule has 2 rings (SSSR count). The lowest BCUT2D eigenvalue weighted by atomic mass is 10.4. The molecule has 6 nitrogen and oxygen atoms in total. The minimum absolute atomic E-state index is 0.0942. The summed E-state index contributed by atoms with van der Waals surface area (Å²) in [5, 5.41) is 12.1. The number of carboxylic acid groups (broad SMARTS) is 1. The monoisotopic (exact) mass is 300 g/mol. The number of aromatic nitrogens is 1. The molecule has 1 amide bonds. The maximum atomic E-state index is 11.7. The number of aryl methyl sites for hydroxylation is 1. The summed E-state index contributed by atoms with van der Waals surface area (Å²) in [5.74, 6) is -1.36. The Morgan fingerprint density at radius 2 is 2.26 bits per heavy atom. The third kappa shape index (κ3) is 3.12. The van der Waals surface area contributed by atoms with Crippen molar-refractivity contribution in [2.45, 2.75) is 13.5 Å². The van der Waals surface area contributed by atoms with Gasteiger partial charge >= 0.3 is 5.97 Å². The van der Waals surface area contributed by atoms with E-state index >= 15 is 0 Å². The van der Waals surface area contributed by atoms with Crippen LogP contribution in [0.5, 0.6) is 0 Å². The first-order valence-corrected chi connectivity index (χ1v) is 6.40. The van der Waals surface area contributed by atoms with E-state index in [0.717, 1.165) is 11.3 Å². The molecule has 0 spiro atoms. The van der Waals surface area contributed by atoms with Crippen LogP contribution in [0.4, 0.5) is 0 Å². The highest BCUT2D eigenvalue weighted by atomic mass is 35.5. The molecule has 0 saturated heterocycles. The number of thiazole rings is 1. The second-order valence-corrected chi connectivity index (χ2v) is 5.07. The van der Waals surface area contributed by atoms with Gasteiger partial charge in [0.25, 0.3) is 5.91 Å². The number of nitrogens with zero attached hydrogens (tertiary/aromatic N) is 1. The van der Waals surface area contributed by atoms with E-state index in [1.165, 1.54) is 12.1 Å². The number of halogens is 1. The molecule has 2 aromatic heterocycles. The Kier molecular flexibility index (Phi) is 3.87. The summed E-state index contributed by atoms with van der Waals surface area (Å²) in [6.45, 7) is 1.74. The number of aromatic carboxylic acids is 1. The zero-order chi connectivity index (χ0) is 14.0. The lowest BCUT2D eigenvalue weighted by molar-refractivity contribution is 0.0701. The third-order valence-electron chi connectivity index (χ3n) is 2.23. The molecule has 0 atom stereocenters. The van der Waals surface area contributed by atoms with Gasteiger partial charge < -0.3 is 14.8 Å². The average Bonchev–Trinajstić information content (AvgIpc) is 2.92. The topological polar surface area (TPSA) is 92.4 Å². The van der Waals surface area contributed by atoms with Crippen LogP contribution >= 0.6 is 22.9 Å². The Morgan fingerprint density at radius 1 is 1.53 bits per heavy atom. The lowest BCUT2D eigenvalue weighted by Crippen LogP contribution is -2.22. The van der Waals surface area contributed by atoms with Gasteiger partial charge in [-0.15, -0.1) is 11.3 Å². The summed E-state index contributed by atoms with van der Waals surface area (Å²) in [4.78, 5) is 26.7. The van der Waals surface area contributed by atoms with Crippen LogP contribution in [0, 0.1) is 6.92 Å². The summed E-state index contributed by atoms with van der Waals surface area (Å²) >= 11 is 6.59. The second-order valence-electron chi connectivity index (χ2n) is 3.61. The Morgan fingerprint density at radius 3 is 2.79 bits per heavy atom. The molecule has 0 radical (unpaired) electrons. The first kappa shape index (κ1) is 13.6. The second kappa shape index (κ2) is 5.41. The predicted octanol–water partition coefficient (Wildman–Crippen LogP) is 2.33. The molecule has 100 valence electrons. The van der Waals surface area contributed by atoms with E-state index < -0.39 is 11.9 Å².